The molecule has 4 nitrogen and oxygen atoms in total. The lowest BCUT2D eigenvalue weighted by Crippen LogP contribution is -2.13. The van der Waals surface area contributed by atoms with E-state index in [0.717, 1.165) is 0 Å². The third-order valence-corrected chi connectivity index (χ3v) is 1.60. The molecule has 0 aromatic heterocycles. The van der Waals surface area contributed by atoms with Gasteiger partial charge in [0.05, 0.1) is 12.7 Å². The van der Waals surface area contributed by atoms with Gasteiger partial charge in [0.25, 0.3) is 0 Å². The first-order chi connectivity index (χ1) is 6.63. The van der Waals surface area contributed by atoms with Crippen molar-refractivity contribution < 1.29 is 19.4 Å². The minimum Gasteiger partial charge on any atom is -0.497 e. The average Bonchev–Trinajstić information content (AvgIpc) is 2.17. The maximum Gasteiger partial charge on any atom is 0.340 e. The van der Waals surface area contributed by atoms with Crippen molar-refractivity contribution in [1.29, 1.82) is 0 Å². The first-order valence-electron chi connectivity index (χ1n) is 4.16. The van der Waals surface area contributed by atoms with Gasteiger partial charge in [0.15, 0.2) is 6.29 Å². The second kappa shape index (κ2) is 4.62. The van der Waals surface area contributed by atoms with Crippen molar-refractivity contribution in [3.63, 3.8) is 0 Å². The van der Waals surface area contributed by atoms with E-state index in [2.05, 4.69) is 4.74 Å². The first kappa shape index (κ1) is 10.5. The standard InChI is InChI=1S/C10H12O4/c1-7(11)14-10(12)8-3-5-9(13-2)6-4-8/h3-7,11H,1-2H3. The molecule has 1 unspecified atom stereocenters. The van der Waals surface area contributed by atoms with Gasteiger partial charge in [0.1, 0.15) is 5.75 Å². The number of hydrogen-bond donors (Lipinski definition) is 1. The summed E-state index contributed by atoms with van der Waals surface area (Å²) in [6, 6.07) is 6.45. The molecule has 0 radical (unpaired) electrons. The summed E-state index contributed by atoms with van der Waals surface area (Å²) in [5.41, 5.74) is 0.381. The number of aliphatic hydroxyl groups is 1. The summed E-state index contributed by atoms with van der Waals surface area (Å²) in [6.07, 6.45) is -1.09. The Hall–Kier alpha value is -1.55. The van der Waals surface area contributed by atoms with Gasteiger partial charge in [0, 0.05) is 0 Å². The van der Waals surface area contributed by atoms with Crippen LogP contribution in [0.3, 0.4) is 0 Å². The Labute approximate surface area is 82.1 Å². The van der Waals surface area contributed by atoms with Crippen LogP contribution in [0.5, 0.6) is 5.75 Å². The predicted octanol–water partition coefficient (Wildman–Crippen LogP) is 1.19. The molecule has 0 saturated carbocycles. The Kier molecular flexibility index (Phi) is 3.48. The molecule has 0 saturated heterocycles. The van der Waals surface area contributed by atoms with Gasteiger partial charge in [-0.25, -0.2) is 4.79 Å². The van der Waals surface area contributed by atoms with Crippen molar-refractivity contribution in [3.05, 3.63) is 29.8 Å². The third-order valence-electron chi connectivity index (χ3n) is 1.60. The number of ether oxygens (including phenoxy) is 2. The van der Waals surface area contributed by atoms with Gasteiger partial charge in [-0.3, -0.25) is 0 Å². The van der Waals surface area contributed by atoms with Crippen LogP contribution in [0.25, 0.3) is 0 Å². The van der Waals surface area contributed by atoms with Crippen LogP contribution in [0.1, 0.15) is 17.3 Å². The summed E-state index contributed by atoms with van der Waals surface area (Å²) in [4.78, 5) is 11.2. The van der Waals surface area contributed by atoms with Crippen molar-refractivity contribution in [2.45, 2.75) is 13.2 Å². The molecule has 1 N–H and O–H groups in total. The zero-order valence-corrected chi connectivity index (χ0v) is 8.06. The van der Waals surface area contributed by atoms with E-state index in [0.29, 0.717) is 11.3 Å². The lowest BCUT2D eigenvalue weighted by molar-refractivity contribution is -0.0523. The highest BCUT2D eigenvalue weighted by Crippen LogP contribution is 2.12. The van der Waals surface area contributed by atoms with E-state index >= 15 is 0 Å². The second-order valence-electron chi connectivity index (χ2n) is 2.73. The van der Waals surface area contributed by atoms with E-state index in [1.165, 1.54) is 6.92 Å². The third kappa shape index (κ3) is 2.74. The Morgan fingerprint density at radius 2 is 1.93 bits per heavy atom. The van der Waals surface area contributed by atoms with Gasteiger partial charge < -0.3 is 14.6 Å². The van der Waals surface area contributed by atoms with Gasteiger partial charge in [-0.2, -0.15) is 0 Å². The number of carbonyl (C=O) groups is 1. The smallest absolute Gasteiger partial charge is 0.340 e. The summed E-state index contributed by atoms with van der Waals surface area (Å²) < 4.78 is 9.51. The normalized spacial score (nSPS) is 11.9. The quantitative estimate of drug-likeness (QED) is 0.582. The molecular formula is C10H12O4. The van der Waals surface area contributed by atoms with Crippen LogP contribution in [-0.2, 0) is 4.74 Å². The number of esters is 1. The molecule has 1 rings (SSSR count). The van der Waals surface area contributed by atoms with Gasteiger partial charge >= 0.3 is 5.97 Å². The Bertz CT molecular complexity index is 302. The van der Waals surface area contributed by atoms with E-state index in [1.807, 2.05) is 0 Å². The monoisotopic (exact) mass is 196 g/mol. The van der Waals surface area contributed by atoms with E-state index in [1.54, 1.807) is 31.4 Å². The highest BCUT2D eigenvalue weighted by atomic mass is 16.6. The van der Waals surface area contributed by atoms with Crippen molar-refractivity contribution in [3.8, 4) is 5.75 Å². The van der Waals surface area contributed by atoms with Crippen LogP contribution in [0.2, 0.25) is 0 Å². The molecule has 0 aliphatic carbocycles. The van der Waals surface area contributed by atoms with Gasteiger partial charge in [-0.15, -0.1) is 0 Å². The molecule has 1 atom stereocenters. The van der Waals surface area contributed by atoms with Gasteiger partial charge in [-0.1, -0.05) is 0 Å². The maximum atomic E-state index is 11.2. The Morgan fingerprint density at radius 3 is 2.36 bits per heavy atom. The number of benzene rings is 1. The van der Waals surface area contributed by atoms with Crippen LogP contribution < -0.4 is 4.74 Å². The molecule has 76 valence electrons. The lowest BCUT2D eigenvalue weighted by atomic mass is 10.2. The van der Waals surface area contributed by atoms with Crippen molar-refractivity contribution in [2.75, 3.05) is 7.11 Å². The number of aliphatic hydroxyl groups excluding tert-OH is 1. The summed E-state index contributed by atoms with van der Waals surface area (Å²) in [5.74, 6) is 0.112. The van der Waals surface area contributed by atoms with E-state index < -0.39 is 12.3 Å². The molecule has 0 heterocycles. The largest absolute Gasteiger partial charge is 0.497 e. The zero-order valence-electron chi connectivity index (χ0n) is 8.06. The number of hydrogen-bond acceptors (Lipinski definition) is 4. The minimum atomic E-state index is -1.09. The topological polar surface area (TPSA) is 55.8 Å². The highest BCUT2D eigenvalue weighted by Gasteiger charge is 2.09. The lowest BCUT2D eigenvalue weighted by Gasteiger charge is -2.06. The predicted molar refractivity (Wildman–Crippen MR) is 50.1 cm³/mol. The van der Waals surface area contributed by atoms with Gasteiger partial charge in [0.2, 0.25) is 0 Å². The molecule has 1 aromatic carbocycles. The summed E-state index contributed by atoms with van der Waals surface area (Å²) in [6.45, 7) is 1.38. The van der Waals surface area contributed by atoms with Gasteiger partial charge in [-0.05, 0) is 31.2 Å². The molecular weight excluding hydrogens is 184 g/mol. The fourth-order valence-electron chi connectivity index (χ4n) is 0.950. The number of carbonyl (C=O) groups excluding carboxylic acids is 1. The Morgan fingerprint density at radius 1 is 1.36 bits per heavy atom. The van der Waals surface area contributed by atoms with Crippen molar-refractivity contribution >= 4 is 5.97 Å². The molecule has 0 bridgehead atoms. The number of rotatable bonds is 3. The maximum absolute atomic E-state index is 11.2. The van der Waals surface area contributed by atoms with E-state index in [-0.39, 0.29) is 0 Å². The number of methoxy groups -OCH3 is 1. The summed E-state index contributed by atoms with van der Waals surface area (Å²) in [5, 5.41) is 8.82. The fourth-order valence-corrected chi connectivity index (χ4v) is 0.950. The van der Waals surface area contributed by atoms with E-state index in [9.17, 15) is 4.79 Å². The van der Waals surface area contributed by atoms with Crippen LogP contribution in [0.15, 0.2) is 24.3 Å². The fraction of sp³-hybridized carbons (Fsp3) is 0.300. The minimum absolute atomic E-state index is 0.381. The molecule has 1 aromatic rings. The van der Waals surface area contributed by atoms with Crippen LogP contribution in [0.4, 0.5) is 0 Å². The first-order valence-corrected chi connectivity index (χ1v) is 4.16. The molecule has 0 amide bonds. The SMILES string of the molecule is COc1ccc(C(=O)OC(C)O)cc1. The van der Waals surface area contributed by atoms with Crippen molar-refractivity contribution in [2.24, 2.45) is 0 Å². The zero-order chi connectivity index (χ0) is 10.6. The molecule has 0 fully saturated rings. The van der Waals surface area contributed by atoms with Crippen LogP contribution >= 0.6 is 0 Å². The molecule has 0 spiro atoms. The second-order valence-corrected chi connectivity index (χ2v) is 2.73. The molecule has 0 aliphatic rings. The molecule has 4 heteroatoms. The van der Waals surface area contributed by atoms with E-state index in [4.69, 9.17) is 9.84 Å². The highest BCUT2D eigenvalue weighted by molar-refractivity contribution is 5.89. The summed E-state index contributed by atoms with van der Waals surface area (Å²) in [7, 11) is 1.54. The molecule has 14 heavy (non-hydrogen) atoms. The van der Waals surface area contributed by atoms with Crippen LogP contribution in [0, 0.1) is 0 Å². The summed E-state index contributed by atoms with van der Waals surface area (Å²) >= 11 is 0. The average molecular weight is 196 g/mol. The van der Waals surface area contributed by atoms with Crippen LogP contribution in [-0.4, -0.2) is 24.5 Å². The Balaban J connectivity index is 2.71. The molecule has 0 aliphatic heterocycles. The van der Waals surface area contributed by atoms with Crippen molar-refractivity contribution in [1.82, 2.24) is 0 Å².